The number of carbonyl (C=O) groups is 1. The van der Waals surface area contributed by atoms with Crippen LogP contribution < -0.4 is 15.4 Å². The lowest BCUT2D eigenvalue weighted by atomic mass is 10.0. The van der Waals surface area contributed by atoms with Gasteiger partial charge >= 0.3 is 0 Å². The van der Waals surface area contributed by atoms with Crippen molar-refractivity contribution in [2.75, 3.05) is 6.54 Å². The molecular formula is C17H27ClN2O2. The topological polar surface area (TPSA) is 50.4 Å². The van der Waals surface area contributed by atoms with Crippen LogP contribution in [0, 0.1) is 0 Å². The summed E-state index contributed by atoms with van der Waals surface area (Å²) in [6.07, 6.45) is 3.36. The summed E-state index contributed by atoms with van der Waals surface area (Å²) in [6, 6.07) is 7.87. The fourth-order valence-electron chi connectivity index (χ4n) is 2.60. The molecule has 0 saturated carbocycles. The molecular weight excluding hydrogens is 300 g/mol. The second kappa shape index (κ2) is 9.01. The van der Waals surface area contributed by atoms with Crippen molar-refractivity contribution in [2.45, 2.75) is 58.2 Å². The highest BCUT2D eigenvalue weighted by atomic mass is 35.5. The minimum absolute atomic E-state index is 0. The Morgan fingerprint density at radius 2 is 2.09 bits per heavy atom. The zero-order valence-corrected chi connectivity index (χ0v) is 14.4. The molecule has 1 saturated heterocycles. The van der Waals surface area contributed by atoms with Crippen LogP contribution in [0.1, 0.15) is 51.6 Å². The lowest BCUT2D eigenvalue weighted by molar-refractivity contribution is -0.124. The number of ether oxygens (including phenoxy) is 1. The number of benzene rings is 1. The maximum absolute atomic E-state index is 12.2. The number of rotatable bonds is 5. The summed E-state index contributed by atoms with van der Waals surface area (Å²) in [7, 11) is 0. The molecule has 0 aliphatic carbocycles. The largest absolute Gasteiger partial charge is 0.491 e. The molecule has 2 atom stereocenters. The maximum atomic E-state index is 12.2. The van der Waals surface area contributed by atoms with E-state index in [1.54, 1.807) is 0 Å². The van der Waals surface area contributed by atoms with Crippen molar-refractivity contribution in [3.05, 3.63) is 29.8 Å². The molecule has 1 unspecified atom stereocenters. The third kappa shape index (κ3) is 5.50. The zero-order chi connectivity index (χ0) is 15.2. The van der Waals surface area contributed by atoms with E-state index in [1.807, 2.05) is 45.0 Å². The molecule has 2 N–H and O–H groups in total. The highest BCUT2D eigenvalue weighted by Crippen LogP contribution is 2.20. The average Bonchev–Trinajstić information content (AvgIpc) is 2.47. The second-order valence-electron chi connectivity index (χ2n) is 5.97. The molecule has 1 aromatic rings. The van der Waals surface area contributed by atoms with Gasteiger partial charge in [-0.15, -0.1) is 12.4 Å². The number of piperidine rings is 1. The Hall–Kier alpha value is -1.26. The minimum atomic E-state index is -0.0451. The Balaban J connectivity index is 0.00000242. The summed E-state index contributed by atoms with van der Waals surface area (Å²) in [5, 5.41) is 6.37. The van der Waals surface area contributed by atoms with Gasteiger partial charge in [0, 0.05) is 0 Å². The van der Waals surface area contributed by atoms with Gasteiger partial charge in [0.25, 0.3) is 0 Å². The molecule has 124 valence electrons. The normalized spacial score (nSPS) is 19.2. The Kier molecular flexibility index (Phi) is 7.69. The van der Waals surface area contributed by atoms with Gasteiger partial charge in [0.05, 0.1) is 18.2 Å². The van der Waals surface area contributed by atoms with Crippen LogP contribution in [0.3, 0.4) is 0 Å². The standard InChI is InChI=1S/C17H26N2O2.ClH/c1-12(2)21-15-8-6-7-14(11-15)13(3)19-17(20)16-9-4-5-10-18-16;/h6-8,11-13,16,18H,4-5,9-10H2,1-3H3,(H,19,20);1H/t13?,16-;/m0./s1. The van der Waals surface area contributed by atoms with Crippen LogP contribution in [0.4, 0.5) is 0 Å². The molecule has 0 aromatic heterocycles. The zero-order valence-electron chi connectivity index (χ0n) is 13.6. The van der Waals surface area contributed by atoms with Crippen molar-refractivity contribution in [2.24, 2.45) is 0 Å². The molecule has 1 aliphatic heterocycles. The number of amides is 1. The minimum Gasteiger partial charge on any atom is -0.491 e. The fourth-order valence-corrected chi connectivity index (χ4v) is 2.60. The van der Waals surface area contributed by atoms with E-state index in [0.717, 1.165) is 37.1 Å². The average molecular weight is 327 g/mol. The van der Waals surface area contributed by atoms with Crippen LogP contribution in [0.15, 0.2) is 24.3 Å². The van der Waals surface area contributed by atoms with Gasteiger partial charge in [-0.1, -0.05) is 18.6 Å². The van der Waals surface area contributed by atoms with Crippen molar-refractivity contribution in [1.82, 2.24) is 10.6 Å². The van der Waals surface area contributed by atoms with Gasteiger partial charge < -0.3 is 15.4 Å². The van der Waals surface area contributed by atoms with E-state index in [2.05, 4.69) is 10.6 Å². The summed E-state index contributed by atoms with van der Waals surface area (Å²) in [5.41, 5.74) is 1.07. The molecule has 1 aliphatic rings. The van der Waals surface area contributed by atoms with Crippen LogP contribution in [0.2, 0.25) is 0 Å². The van der Waals surface area contributed by atoms with Crippen molar-refractivity contribution in [1.29, 1.82) is 0 Å². The van der Waals surface area contributed by atoms with E-state index in [0.29, 0.717) is 0 Å². The number of carbonyl (C=O) groups excluding carboxylic acids is 1. The number of nitrogens with one attached hydrogen (secondary N) is 2. The Morgan fingerprint density at radius 1 is 1.32 bits per heavy atom. The van der Waals surface area contributed by atoms with Gasteiger partial charge in [-0.05, 0) is 57.9 Å². The van der Waals surface area contributed by atoms with Crippen LogP contribution in [-0.2, 0) is 4.79 Å². The fraction of sp³-hybridized carbons (Fsp3) is 0.588. The molecule has 4 nitrogen and oxygen atoms in total. The molecule has 0 radical (unpaired) electrons. The molecule has 2 rings (SSSR count). The first kappa shape index (κ1) is 18.8. The van der Waals surface area contributed by atoms with E-state index in [9.17, 15) is 4.79 Å². The third-order valence-electron chi connectivity index (χ3n) is 3.72. The first-order chi connectivity index (χ1) is 10.1. The summed E-state index contributed by atoms with van der Waals surface area (Å²) in [5.74, 6) is 0.941. The molecule has 0 bridgehead atoms. The van der Waals surface area contributed by atoms with E-state index < -0.39 is 0 Å². The summed E-state index contributed by atoms with van der Waals surface area (Å²) in [4.78, 5) is 12.2. The Bertz CT molecular complexity index is 473. The predicted molar refractivity (Wildman–Crippen MR) is 91.7 cm³/mol. The molecule has 1 fully saturated rings. The quantitative estimate of drug-likeness (QED) is 0.873. The Labute approximate surface area is 139 Å². The smallest absolute Gasteiger partial charge is 0.237 e. The monoisotopic (exact) mass is 326 g/mol. The van der Waals surface area contributed by atoms with Crippen molar-refractivity contribution in [3.8, 4) is 5.75 Å². The molecule has 5 heteroatoms. The number of halogens is 1. The highest BCUT2D eigenvalue weighted by Gasteiger charge is 2.22. The molecule has 22 heavy (non-hydrogen) atoms. The predicted octanol–water partition coefficient (Wildman–Crippen LogP) is 3.21. The lowest BCUT2D eigenvalue weighted by Gasteiger charge is -2.25. The van der Waals surface area contributed by atoms with Crippen LogP contribution in [0.25, 0.3) is 0 Å². The number of hydrogen-bond acceptors (Lipinski definition) is 3. The SMILES string of the molecule is CC(C)Oc1cccc(C(C)NC(=O)[C@@H]2CCCCN2)c1.Cl. The van der Waals surface area contributed by atoms with Crippen LogP contribution in [-0.4, -0.2) is 24.6 Å². The second-order valence-corrected chi connectivity index (χ2v) is 5.97. The van der Waals surface area contributed by atoms with E-state index >= 15 is 0 Å². The van der Waals surface area contributed by atoms with Crippen molar-refractivity contribution >= 4 is 18.3 Å². The number of hydrogen-bond donors (Lipinski definition) is 2. The van der Waals surface area contributed by atoms with Crippen LogP contribution in [0.5, 0.6) is 5.75 Å². The summed E-state index contributed by atoms with van der Waals surface area (Å²) >= 11 is 0. The highest BCUT2D eigenvalue weighted by molar-refractivity contribution is 5.85. The van der Waals surface area contributed by atoms with Gasteiger partial charge in [-0.2, -0.15) is 0 Å². The van der Waals surface area contributed by atoms with E-state index in [-0.39, 0.29) is 36.5 Å². The van der Waals surface area contributed by atoms with Gasteiger partial charge in [0.15, 0.2) is 0 Å². The first-order valence-electron chi connectivity index (χ1n) is 7.86. The summed E-state index contributed by atoms with van der Waals surface area (Å²) < 4.78 is 5.70. The lowest BCUT2D eigenvalue weighted by Crippen LogP contribution is -2.47. The van der Waals surface area contributed by atoms with Crippen LogP contribution >= 0.6 is 12.4 Å². The third-order valence-corrected chi connectivity index (χ3v) is 3.72. The Morgan fingerprint density at radius 3 is 2.73 bits per heavy atom. The maximum Gasteiger partial charge on any atom is 0.237 e. The summed E-state index contributed by atoms with van der Waals surface area (Å²) in [6.45, 7) is 6.96. The molecule has 0 spiro atoms. The molecule has 1 amide bonds. The van der Waals surface area contributed by atoms with Crippen molar-refractivity contribution in [3.63, 3.8) is 0 Å². The van der Waals surface area contributed by atoms with Gasteiger partial charge in [-0.25, -0.2) is 0 Å². The molecule has 1 heterocycles. The van der Waals surface area contributed by atoms with E-state index in [4.69, 9.17) is 4.74 Å². The van der Waals surface area contributed by atoms with E-state index in [1.165, 1.54) is 0 Å². The first-order valence-corrected chi connectivity index (χ1v) is 7.86. The molecule has 1 aromatic carbocycles. The van der Waals surface area contributed by atoms with Gasteiger partial charge in [0.2, 0.25) is 5.91 Å². The van der Waals surface area contributed by atoms with Crippen molar-refractivity contribution < 1.29 is 9.53 Å². The van der Waals surface area contributed by atoms with Gasteiger partial charge in [0.1, 0.15) is 5.75 Å². The van der Waals surface area contributed by atoms with Gasteiger partial charge in [-0.3, -0.25) is 4.79 Å².